The maximum absolute atomic E-state index is 14.8. The molecule has 0 fully saturated rings. The lowest BCUT2D eigenvalue weighted by molar-refractivity contribution is -0.139. The van der Waals surface area contributed by atoms with Crippen molar-refractivity contribution in [2.75, 3.05) is 5.32 Å². The molecule has 1 amide bonds. The topological polar surface area (TPSA) is 113 Å². The van der Waals surface area contributed by atoms with Crippen LogP contribution in [0.2, 0.25) is 0 Å². The van der Waals surface area contributed by atoms with Gasteiger partial charge < -0.3 is 20.3 Å². The molecule has 0 saturated carbocycles. The molecule has 5 rings (SSSR count). The molecule has 0 saturated heterocycles. The van der Waals surface area contributed by atoms with Gasteiger partial charge in [-0.2, -0.15) is 13.2 Å². The van der Waals surface area contributed by atoms with Crippen molar-refractivity contribution in [3.8, 4) is 11.1 Å². The lowest BCUT2D eigenvalue weighted by Gasteiger charge is -2.20. The maximum atomic E-state index is 14.8. The van der Waals surface area contributed by atoms with Crippen molar-refractivity contribution in [3.05, 3.63) is 105 Å². The number of rotatable bonds is 8. The number of carboxylic acids is 1. The number of carboxylic acid groups (broad SMARTS) is 1. The summed E-state index contributed by atoms with van der Waals surface area (Å²) in [5, 5.41) is 14.8. The van der Waals surface area contributed by atoms with E-state index in [0.717, 1.165) is 6.92 Å². The van der Waals surface area contributed by atoms with Crippen LogP contribution in [-0.2, 0) is 18.3 Å². The number of fused-ring (bicyclic) bond motifs is 2. The third-order valence-corrected chi connectivity index (χ3v) is 7.92. The van der Waals surface area contributed by atoms with Crippen LogP contribution in [0.15, 0.2) is 65.6 Å². The number of pyridine rings is 2. The summed E-state index contributed by atoms with van der Waals surface area (Å²) in [5.74, 6) is -6.48. The van der Waals surface area contributed by atoms with E-state index in [1.54, 1.807) is 32.2 Å². The van der Waals surface area contributed by atoms with Gasteiger partial charge in [0.1, 0.15) is 35.1 Å². The number of hydrogen-bond acceptors (Lipinski definition) is 5. The molecule has 47 heavy (non-hydrogen) atoms. The minimum absolute atomic E-state index is 0.248. The number of aliphatic carboxylic acids is 1. The molecule has 5 aromatic rings. The van der Waals surface area contributed by atoms with Crippen molar-refractivity contribution in [1.82, 2.24) is 14.9 Å². The smallest absolute Gasteiger partial charge is 0.408 e. The molecule has 3 aromatic carbocycles. The van der Waals surface area contributed by atoms with E-state index in [9.17, 15) is 45.8 Å². The zero-order valence-electron chi connectivity index (χ0n) is 25.0. The molecule has 2 heterocycles. The van der Waals surface area contributed by atoms with Crippen molar-refractivity contribution < 1.29 is 41.0 Å². The van der Waals surface area contributed by atoms with E-state index < -0.39 is 58.8 Å². The van der Waals surface area contributed by atoms with Crippen LogP contribution in [0, 0.1) is 24.4 Å². The third kappa shape index (κ3) is 6.35. The lowest BCUT2D eigenvalue weighted by atomic mass is 9.92. The number of anilines is 1. The SMILES string of the molecule is Cc1c(-c2ccc(C[C@H](NC(=O)c3c(F)cc(N[C@H](C)C(F)(F)F)cc3F)C(=O)O)c3cccnc23)c(=O)n(C)c2ccc(F)cc12. The summed E-state index contributed by atoms with van der Waals surface area (Å²) in [4.78, 5) is 43.0. The second kappa shape index (κ2) is 12.4. The van der Waals surface area contributed by atoms with E-state index in [4.69, 9.17) is 0 Å². The summed E-state index contributed by atoms with van der Waals surface area (Å²) in [6.45, 7) is 2.41. The number of hydrogen-bond donors (Lipinski definition) is 3. The molecule has 3 N–H and O–H groups in total. The Labute approximate surface area is 262 Å². The van der Waals surface area contributed by atoms with Gasteiger partial charge in [-0.25, -0.2) is 18.0 Å². The van der Waals surface area contributed by atoms with Gasteiger partial charge >= 0.3 is 12.1 Å². The van der Waals surface area contributed by atoms with Crippen LogP contribution in [-0.4, -0.2) is 44.8 Å². The van der Waals surface area contributed by atoms with Crippen LogP contribution >= 0.6 is 0 Å². The van der Waals surface area contributed by atoms with Gasteiger partial charge in [0.25, 0.3) is 11.5 Å². The van der Waals surface area contributed by atoms with Crippen molar-refractivity contribution in [2.45, 2.75) is 38.5 Å². The maximum Gasteiger partial charge on any atom is 0.408 e. The summed E-state index contributed by atoms with van der Waals surface area (Å²) in [5.41, 5.74) is 0.184. The van der Waals surface area contributed by atoms with Crippen molar-refractivity contribution in [2.24, 2.45) is 7.05 Å². The summed E-state index contributed by atoms with van der Waals surface area (Å²) < 4.78 is 83.7. The van der Waals surface area contributed by atoms with E-state index in [-0.39, 0.29) is 17.5 Å². The van der Waals surface area contributed by atoms with Gasteiger partial charge in [0, 0.05) is 41.7 Å². The molecule has 8 nitrogen and oxygen atoms in total. The van der Waals surface area contributed by atoms with E-state index in [0.29, 0.717) is 50.6 Å². The number of amides is 1. The predicted octanol–water partition coefficient (Wildman–Crippen LogP) is 6.27. The minimum atomic E-state index is -4.71. The Bertz CT molecular complexity index is 2110. The Hall–Kier alpha value is -5.40. The van der Waals surface area contributed by atoms with Crippen molar-refractivity contribution in [3.63, 3.8) is 0 Å². The fourth-order valence-corrected chi connectivity index (χ4v) is 5.46. The number of aromatic nitrogens is 2. The molecule has 0 aliphatic rings. The Morgan fingerprint density at radius 3 is 2.32 bits per heavy atom. The van der Waals surface area contributed by atoms with Crippen molar-refractivity contribution in [1.29, 1.82) is 0 Å². The van der Waals surface area contributed by atoms with E-state index in [2.05, 4.69) is 10.3 Å². The first kappa shape index (κ1) is 33.0. The Morgan fingerprint density at radius 2 is 1.68 bits per heavy atom. The third-order valence-electron chi connectivity index (χ3n) is 7.92. The molecule has 14 heteroatoms. The standard InChI is InChI=1S/C33H26F6N4O4/c1-15-22-12-18(34)7-9-26(22)43(3)31(45)27(15)21-8-6-17(20-5-4-10-40-29(20)21)11-25(32(46)47)42-30(44)28-23(35)13-19(14-24(28)36)41-16(2)33(37,38)39/h4-10,12-14,16,25,41H,11H2,1-3H3,(H,42,44)(H,46,47)/t16-,25+/m1/s1. The summed E-state index contributed by atoms with van der Waals surface area (Å²) >= 11 is 0. The van der Waals surface area contributed by atoms with E-state index in [1.165, 1.54) is 35.0 Å². The van der Waals surface area contributed by atoms with Gasteiger partial charge in [-0.1, -0.05) is 18.2 Å². The van der Waals surface area contributed by atoms with Gasteiger partial charge in [-0.05, 0) is 61.4 Å². The zero-order valence-corrected chi connectivity index (χ0v) is 25.0. The molecule has 2 atom stereocenters. The van der Waals surface area contributed by atoms with Crippen molar-refractivity contribution >= 4 is 39.4 Å². The van der Waals surface area contributed by atoms with Crippen LogP contribution in [0.5, 0.6) is 0 Å². The molecule has 244 valence electrons. The summed E-state index contributed by atoms with van der Waals surface area (Å²) in [6, 6.07) is 7.48. The molecule has 2 aromatic heterocycles. The van der Waals surface area contributed by atoms with Gasteiger partial charge in [0.2, 0.25) is 0 Å². The Kier molecular flexibility index (Phi) is 8.71. The van der Waals surface area contributed by atoms with Crippen LogP contribution in [0.1, 0.15) is 28.4 Å². The fraction of sp³-hybridized carbons (Fsp3) is 0.212. The van der Waals surface area contributed by atoms with Crippen LogP contribution in [0.3, 0.4) is 0 Å². The lowest BCUT2D eigenvalue weighted by Crippen LogP contribution is -2.43. The second-order valence-corrected chi connectivity index (χ2v) is 11.0. The predicted molar refractivity (Wildman–Crippen MR) is 163 cm³/mol. The van der Waals surface area contributed by atoms with E-state index >= 15 is 0 Å². The van der Waals surface area contributed by atoms with Crippen LogP contribution in [0.25, 0.3) is 32.9 Å². The average Bonchev–Trinajstić information content (AvgIpc) is 2.99. The highest BCUT2D eigenvalue weighted by Crippen LogP contribution is 2.33. The number of carbonyl (C=O) groups is 2. The number of benzene rings is 3. The Morgan fingerprint density at radius 1 is 1.00 bits per heavy atom. The highest BCUT2D eigenvalue weighted by molar-refractivity contribution is 6.00. The summed E-state index contributed by atoms with van der Waals surface area (Å²) in [6.07, 6.45) is -3.62. The molecule has 0 radical (unpaired) electrons. The first-order valence-corrected chi connectivity index (χ1v) is 14.1. The van der Waals surface area contributed by atoms with E-state index in [1.807, 2.05) is 5.32 Å². The normalized spacial score (nSPS) is 13.0. The first-order chi connectivity index (χ1) is 22.1. The van der Waals surface area contributed by atoms with Gasteiger partial charge in [-0.3, -0.25) is 14.6 Å². The van der Waals surface area contributed by atoms with Crippen LogP contribution < -0.4 is 16.2 Å². The molecule has 0 aliphatic heterocycles. The first-order valence-electron chi connectivity index (χ1n) is 14.1. The monoisotopic (exact) mass is 656 g/mol. The van der Waals surface area contributed by atoms with Gasteiger partial charge in [0.15, 0.2) is 0 Å². The average molecular weight is 657 g/mol. The number of nitrogens with zero attached hydrogens (tertiary/aromatic N) is 2. The number of halogens is 6. The molecule has 0 spiro atoms. The van der Waals surface area contributed by atoms with Gasteiger partial charge in [-0.15, -0.1) is 0 Å². The molecular weight excluding hydrogens is 630 g/mol. The van der Waals surface area contributed by atoms with Gasteiger partial charge in [0.05, 0.1) is 16.6 Å². The second-order valence-electron chi connectivity index (χ2n) is 11.0. The zero-order chi connectivity index (χ0) is 34.4. The fourth-order valence-electron chi connectivity index (χ4n) is 5.46. The number of aryl methyl sites for hydroxylation is 2. The Balaban J connectivity index is 1.49. The largest absolute Gasteiger partial charge is 0.480 e. The molecule has 0 unspecified atom stereocenters. The highest BCUT2D eigenvalue weighted by Gasteiger charge is 2.36. The highest BCUT2D eigenvalue weighted by atomic mass is 19.4. The number of carbonyl (C=O) groups excluding carboxylic acids is 1. The molecule has 0 bridgehead atoms. The molecule has 0 aliphatic carbocycles. The minimum Gasteiger partial charge on any atom is -0.480 e. The number of alkyl halides is 3. The quantitative estimate of drug-likeness (QED) is 0.170. The van der Waals surface area contributed by atoms with Crippen LogP contribution in [0.4, 0.5) is 32.0 Å². The summed E-state index contributed by atoms with van der Waals surface area (Å²) in [7, 11) is 1.55. The number of nitrogens with one attached hydrogen (secondary N) is 2. The molecular formula is C33H26F6N4O4.